The van der Waals surface area contributed by atoms with Gasteiger partial charge in [-0.3, -0.25) is 0 Å². The first kappa shape index (κ1) is 40.1. The molecule has 0 radical (unpaired) electrons. The van der Waals surface area contributed by atoms with Crippen molar-refractivity contribution < 1.29 is 0 Å². The van der Waals surface area contributed by atoms with E-state index in [4.69, 9.17) is 4.98 Å². The minimum atomic E-state index is 0.125. The fraction of sp³-hybridized carbons (Fsp3) is 0.266. The summed E-state index contributed by atoms with van der Waals surface area (Å²) < 4.78 is 0. The van der Waals surface area contributed by atoms with Crippen molar-refractivity contribution in [3.05, 3.63) is 225 Å². The van der Waals surface area contributed by atoms with E-state index in [-0.39, 0.29) is 17.5 Å². The lowest BCUT2D eigenvalue weighted by Crippen LogP contribution is -2.69. The molecule has 0 N–H and O–H groups in total. The Balaban J connectivity index is 0.799. The highest BCUT2D eigenvalue weighted by molar-refractivity contribution is 6.96. The molecule has 1 nitrogen and oxygen atoms in total. The molecule has 5 unspecified atom stereocenters. The summed E-state index contributed by atoms with van der Waals surface area (Å²) in [7, 11) is 0. The van der Waals surface area contributed by atoms with Gasteiger partial charge in [-0.2, -0.15) is 0 Å². The van der Waals surface area contributed by atoms with E-state index in [0.29, 0.717) is 11.3 Å². The lowest BCUT2D eigenvalue weighted by Gasteiger charge is -2.73. The molecule has 66 heavy (non-hydrogen) atoms. The first-order chi connectivity index (χ1) is 32.1. The van der Waals surface area contributed by atoms with Crippen LogP contribution in [-0.4, -0.2) is 11.7 Å². The molecule has 1 aromatic heterocycles. The summed E-state index contributed by atoms with van der Waals surface area (Å²) in [5, 5.41) is 0. The molecule has 0 saturated heterocycles. The molecular weight excluding hydrogens is 794 g/mol. The monoisotopic (exact) mass is 851 g/mol. The lowest BCUT2D eigenvalue weighted by molar-refractivity contribution is -0.199. The number of hydrogen-bond acceptors (Lipinski definition) is 1. The van der Waals surface area contributed by atoms with Crippen LogP contribution in [0.5, 0.6) is 0 Å². The van der Waals surface area contributed by atoms with E-state index in [1.54, 1.807) is 11.1 Å². The quantitative estimate of drug-likeness (QED) is 0.139. The topological polar surface area (TPSA) is 12.9 Å². The first-order valence-electron chi connectivity index (χ1n) is 24.7. The van der Waals surface area contributed by atoms with Crippen molar-refractivity contribution in [1.82, 2.24) is 4.98 Å². The molecule has 7 aromatic carbocycles. The van der Waals surface area contributed by atoms with Gasteiger partial charge in [-0.15, -0.1) is 0 Å². The Morgan fingerprint density at radius 2 is 1.03 bits per heavy atom. The Hall–Kier alpha value is -6.25. The smallest absolute Gasteiger partial charge is 0.242 e. The van der Waals surface area contributed by atoms with Crippen LogP contribution in [-0.2, 0) is 10.8 Å². The average Bonchev–Trinajstić information content (AvgIpc) is 3.92. The molecule has 5 aliphatic rings. The van der Waals surface area contributed by atoms with Crippen LogP contribution < -0.4 is 16.4 Å². The van der Waals surface area contributed by atoms with Crippen molar-refractivity contribution in [2.45, 2.75) is 90.4 Å². The summed E-state index contributed by atoms with van der Waals surface area (Å²) in [5.41, 5.74) is 27.9. The third kappa shape index (κ3) is 5.57. The molecular formula is C64H58BN. The molecule has 4 fully saturated rings. The minimum Gasteiger partial charge on any atom is -0.248 e. The Bertz CT molecular complexity index is 3140. The van der Waals surface area contributed by atoms with Gasteiger partial charge in [0.15, 0.2) is 0 Å². The number of rotatable bonds is 8. The van der Waals surface area contributed by atoms with Crippen molar-refractivity contribution in [1.29, 1.82) is 0 Å². The maximum atomic E-state index is 5.39. The maximum absolute atomic E-state index is 5.39. The summed E-state index contributed by atoms with van der Waals surface area (Å²) in [6, 6.07) is 63.1. The van der Waals surface area contributed by atoms with Gasteiger partial charge in [-0.1, -0.05) is 201 Å². The zero-order chi connectivity index (χ0) is 44.7. The molecule has 4 saturated carbocycles. The number of nitrogens with zero attached hydrogens (tertiary/aromatic N) is 1. The van der Waals surface area contributed by atoms with E-state index in [2.05, 4.69) is 205 Å². The van der Waals surface area contributed by atoms with Crippen LogP contribution in [0.3, 0.4) is 0 Å². The Labute approximate surface area is 392 Å². The number of fused-ring (bicyclic) bond motifs is 4. The van der Waals surface area contributed by atoms with Gasteiger partial charge in [0.05, 0.1) is 11.4 Å². The third-order valence-corrected chi connectivity index (χ3v) is 18.2. The SMILES string of the molecule is Cc1cc(C)c(B(c2cccc(-c3cccc(-c4ccc(C56CC7CC8CC(c9ccc(C%10c%11ccccc%11-c%11ccccc%11%10)cc9)(C5)CC876)cc4)n3)c2)c2c(C)cc(C)cc2C)c(C)c1. The second kappa shape index (κ2) is 14.4. The van der Waals surface area contributed by atoms with E-state index in [9.17, 15) is 0 Å². The van der Waals surface area contributed by atoms with E-state index < -0.39 is 0 Å². The number of aromatic nitrogens is 1. The molecule has 2 bridgehead atoms. The first-order valence-corrected chi connectivity index (χ1v) is 24.7. The largest absolute Gasteiger partial charge is 0.248 e. The van der Waals surface area contributed by atoms with Crippen molar-refractivity contribution in [2.24, 2.45) is 17.3 Å². The molecule has 1 spiro atoms. The predicted octanol–water partition coefficient (Wildman–Crippen LogP) is 13.3. The van der Waals surface area contributed by atoms with E-state index >= 15 is 0 Å². The Morgan fingerprint density at radius 3 is 1.64 bits per heavy atom. The number of aryl methyl sites for hydroxylation is 6. The molecule has 8 aromatic rings. The van der Waals surface area contributed by atoms with E-state index in [0.717, 1.165) is 28.8 Å². The van der Waals surface area contributed by atoms with Crippen LogP contribution >= 0.6 is 0 Å². The molecule has 0 amide bonds. The highest BCUT2D eigenvalue weighted by Crippen LogP contribution is 2.89. The zero-order valence-corrected chi connectivity index (χ0v) is 39.4. The van der Waals surface area contributed by atoms with Gasteiger partial charge < -0.3 is 0 Å². The van der Waals surface area contributed by atoms with Gasteiger partial charge in [-0.05, 0) is 153 Å². The maximum Gasteiger partial charge on any atom is 0.242 e. The molecule has 5 aliphatic carbocycles. The second-order valence-electron chi connectivity index (χ2n) is 21.7. The summed E-state index contributed by atoms with van der Waals surface area (Å²) in [4.78, 5) is 5.39. The molecule has 13 rings (SSSR count). The standard InChI is InChI=1S/C64H58BN/c1-39-29-41(3)60(42(4)30-39)65(61-43(5)31-40(2)32-44(61)6)52-14-11-13-47(33-52)58-20-12-19-57(66-58)45-21-27-49(28-22-45)63-36-51-34-50-35-62(37-63,38-64(50,51)63)48-25-23-46(24-26-48)59-55-17-9-7-15-53(55)54-16-8-10-18-56(54)59/h7-33,50-51,59H,34-38H2,1-6H3. The van der Waals surface area contributed by atoms with Crippen LogP contribution in [0, 0.1) is 58.8 Å². The summed E-state index contributed by atoms with van der Waals surface area (Å²) in [6.45, 7) is 13.7. The van der Waals surface area contributed by atoms with Gasteiger partial charge in [-0.25, -0.2) is 4.98 Å². The Morgan fingerprint density at radius 1 is 0.485 bits per heavy atom. The second-order valence-corrected chi connectivity index (χ2v) is 21.7. The predicted molar refractivity (Wildman–Crippen MR) is 276 cm³/mol. The number of hydrogen-bond donors (Lipinski definition) is 0. The fourth-order valence-electron chi connectivity index (χ4n) is 16.0. The van der Waals surface area contributed by atoms with Crippen molar-refractivity contribution in [2.75, 3.05) is 0 Å². The molecule has 2 heteroatoms. The van der Waals surface area contributed by atoms with Crippen LogP contribution in [0.25, 0.3) is 33.6 Å². The van der Waals surface area contributed by atoms with Crippen LogP contribution in [0.15, 0.2) is 164 Å². The minimum absolute atomic E-state index is 0.125. The van der Waals surface area contributed by atoms with Gasteiger partial charge in [0.1, 0.15) is 0 Å². The molecule has 0 aliphatic heterocycles. The molecule has 5 atom stereocenters. The number of benzene rings is 7. The van der Waals surface area contributed by atoms with Crippen LogP contribution in [0.2, 0.25) is 0 Å². The van der Waals surface area contributed by atoms with Crippen LogP contribution in [0.1, 0.15) is 99.2 Å². The van der Waals surface area contributed by atoms with E-state index in [1.165, 1.54) is 115 Å². The van der Waals surface area contributed by atoms with Crippen LogP contribution in [0.4, 0.5) is 0 Å². The summed E-state index contributed by atoms with van der Waals surface area (Å²) >= 11 is 0. The molecule has 322 valence electrons. The van der Waals surface area contributed by atoms with Gasteiger partial charge in [0.2, 0.25) is 6.71 Å². The lowest BCUT2D eigenvalue weighted by atomic mass is 9.30. The Kier molecular flexibility index (Phi) is 8.73. The highest BCUT2D eigenvalue weighted by atomic mass is 14.9. The third-order valence-electron chi connectivity index (χ3n) is 18.2. The van der Waals surface area contributed by atoms with Crippen molar-refractivity contribution in [3.63, 3.8) is 0 Å². The highest BCUT2D eigenvalue weighted by Gasteiger charge is 2.84. The van der Waals surface area contributed by atoms with Gasteiger partial charge in [0, 0.05) is 16.9 Å². The summed E-state index contributed by atoms with van der Waals surface area (Å²) in [5.74, 6) is 2.05. The fourth-order valence-corrected chi connectivity index (χ4v) is 16.0. The molecule has 1 heterocycles. The average molecular weight is 852 g/mol. The number of pyridine rings is 1. The van der Waals surface area contributed by atoms with Crippen molar-refractivity contribution in [3.8, 4) is 33.6 Å². The van der Waals surface area contributed by atoms with Gasteiger partial charge >= 0.3 is 0 Å². The van der Waals surface area contributed by atoms with Crippen molar-refractivity contribution >= 4 is 23.1 Å². The van der Waals surface area contributed by atoms with Gasteiger partial charge in [0.25, 0.3) is 0 Å². The van der Waals surface area contributed by atoms with E-state index in [1.807, 2.05) is 0 Å². The summed E-state index contributed by atoms with van der Waals surface area (Å²) in [6.07, 6.45) is 6.80. The normalized spacial score (nSPS) is 24.0. The zero-order valence-electron chi connectivity index (χ0n) is 39.4.